The van der Waals surface area contributed by atoms with Gasteiger partial charge in [0.25, 0.3) is 0 Å². The van der Waals surface area contributed by atoms with E-state index in [1.54, 1.807) is 0 Å². The van der Waals surface area contributed by atoms with Gasteiger partial charge < -0.3 is 10.3 Å². The van der Waals surface area contributed by atoms with Gasteiger partial charge in [-0.1, -0.05) is 12.1 Å². The lowest BCUT2D eigenvalue weighted by Gasteiger charge is -2.10. The highest BCUT2D eigenvalue weighted by Crippen LogP contribution is 2.15. The molecule has 17 heavy (non-hydrogen) atoms. The number of carbonyl (C=O) groups is 1. The zero-order chi connectivity index (χ0) is 12.3. The Kier molecular flexibility index (Phi) is 3.68. The molecule has 0 saturated carbocycles. The van der Waals surface area contributed by atoms with Gasteiger partial charge in [0.05, 0.1) is 22.8 Å². The first-order valence-electron chi connectivity index (χ1n) is 5.43. The maximum atomic E-state index is 11.5. The first-order valence-corrected chi connectivity index (χ1v) is 6.83. The number of para-hydroxylation sites is 2. The molecule has 0 saturated heterocycles. The molecule has 1 atom stereocenters. The van der Waals surface area contributed by atoms with E-state index in [4.69, 9.17) is 0 Å². The van der Waals surface area contributed by atoms with Gasteiger partial charge >= 0.3 is 0 Å². The summed E-state index contributed by atoms with van der Waals surface area (Å²) in [5, 5.41) is 2.90. The molecule has 0 radical (unpaired) electrons. The average molecular weight is 249 g/mol. The lowest BCUT2D eigenvalue weighted by atomic mass is 10.3. The largest absolute Gasteiger partial charge is 0.346 e. The molecule has 2 aromatic rings. The summed E-state index contributed by atoms with van der Waals surface area (Å²) in [6.45, 7) is 1.93. The minimum atomic E-state index is -0.0953. The fraction of sp³-hybridized carbons (Fsp3) is 0.333. The number of benzene rings is 1. The number of hydrogen-bond donors (Lipinski definition) is 2. The van der Waals surface area contributed by atoms with Crippen LogP contribution in [0.3, 0.4) is 0 Å². The third-order valence-corrected chi connectivity index (χ3v) is 3.02. The molecule has 0 spiro atoms. The number of nitrogens with zero attached hydrogens (tertiary/aromatic N) is 1. The summed E-state index contributed by atoms with van der Waals surface area (Å²) < 4.78 is 0. The first-order chi connectivity index (χ1) is 8.20. The van der Waals surface area contributed by atoms with Gasteiger partial charge in [-0.25, -0.2) is 4.98 Å². The molecular weight excluding hydrogens is 234 g/mol. The van der Waals surface area contributed by atoms with E-state index in [-0.39, 0.29) is 11.9 Å². The van der Waals surface area contributed by atoms with Crippen LogP contribution >= 0.6 is 11.8 Å². The van der Waals surface area contributed by atoms with Crippen LogP contribution in [-0.4, -0.2) is 27.9 Å². The van der Waals surface area contributed by atoms with Crippen LogP contribution in [0.2, 0.25) is 0 Å². The van der Waals surface area contributed by atoms with Gasteiger partial charge in [0.1, 0.15) is 5.82 Å². The zero-order valence-electron chi connectivity index (χ0n) is 9.86. The minimum absolute atomic E-state index is 0.0328. The molecule has 0 aliphatic rings. The highest BCUT2D eigenvalue weighted by molar-refractivity contribution is 7.99. The average Bonchev–Trinajstić information content (AvgIpc) is 2.72. The van der Waals surface area contributed by atoms with Crippen molar-refractivity contribution >= 4 is 28.7 Å². The molecule has 0 aliphatic heterocycles. The van der Waals surface area contributed by atoms with Crippen molar-refractivity contribution < 1.29 is 4.79 Å². The Balaban J connectivity index is 2.13. The number of nitrogens with one attached hydrogen (secondary N) is 2. The van der Waals surface area contributed by atoms with Gasteiger partial charge in [-0.05, 0) is 25.3 Å². The van der Waals surface area contributed by atoms with Gasteiger partial charge in [0.2, 0.25) is 5.91 Å². The van der Waals surface area contributed by atoms with Crippen molar-refractivity contribution in [3.8, 4) is 0 Å². The second kappa shape index (κ2) is 5.23. The monoisotopic (exact) mass is 249 g/mol. The predicted octanol–water partition coefficient (Wildman–Crippen LogP) is 2.10. The Morgan fingerprint density at radius 1 is 1.53 bits per heavy atom. The van der Waals surface area contributed by atoms with Gasteiger partial charge in [-0.15, -0.1) is 0 Å². The summed E-state index contributed by atoms with van der Waals surface area (Å²) in [7, 11) is 0. The summed E-state index contributed by atoms with van der Waals surface area (Å²) in [6.07, 6.45) is 1.91. The smallest absolute Gasteiger partial charge is 0.230 e. The van der Waals surface area contributed by atoms with E-state index in [0.29, 0.717) is 5.75 Å². The Labute approximate surface area is 104 Å². The van der Waals surface area contributed by atoms with Crippen molar-refractivity contribution in [2.24, 2.45) is 0 Å². The first kappa shape index (κ1) is 12.0. The number of rotatable bonds is 4. The molecule has 2 rings (SSSR count). The Bertz CT molecular complexity index is 490. The Morgan fingerprint density at radius 2 is 2.29 bits per heavy atom. The number of hydrogen-bond acceptors (Lipinski definition) is 3. The topological polar surface area (TPSA) is 57.8 Å². The normalized spacial score (nSPS) is 12.6. The number of imidazole rings is 1. The van der Waals surface area contributed by atoms with Crippen LogP contribution in [0, 0.1) is 0 Å². The van der Waals surface area contributed by atoms with Crippen molar-refractivity contribution in [2.45, 2.75) is 13.0 Å². The van der Waals surface area contributed by atoms with Crippen molar-refractivity contribution in [1.82, 2.24) is 15.3 Å². The lowest BCUT2D eigenvalue weighted by Crippen LogP contribution is -2.28. The van der Waals surface area contributed by atoms with Crippen molar-refractivity contribution in [2.75, 3.05) is 12.0 Å². The van der Waals surface area contributed by atoms with E-state index in [1.807, 2.05) is 37.4 Å². The third kappa shape index (κ3) is 2.79. The molecule has 1 unspecified atom stereocenters. The molecule has 1 heterocycles. The van der Waals surface area contributed by atoms with Crippen LogP contribution < -0.4 is 5.32 Å². The van der Waals surface area contributed by atoms with E-state index in [9.17, 15) is 4.79 Å². The molecule has 5 heteroatoms. The lowest BCUT2D eigenvalue weighted by molar-refractivity contribution is -0.119. The Morgan fingerprint density at radius 3 is 3.00 bits per heavy atom. The number of H-pyrrole nitrogens is 1. The van der Waals surface area contributed by atoms with E-state index in [0.717, 1.165) is 16.9 Å². The Hall–Kier alpha value is -1.49. The number of thioether (sulfide) groups is 1. The summed E-state index contributed by atoms with van der Waals surface area (Å²) in [6, 6.07) is 7.74. The van der Waals surface area contributed by atoms with Crippen LogP contribution in [-0.2, 0) is 4.79 Å². The molecule has 1 aromatic heterocycles. The molecule has 2 N–H and O–H groups in total. The quantitative estimate of drug-likeness (QED) is 0.872. The van der Waals surface area contributed by atoms with Crippen molar-refractivity contribution in [3.63, 3.8) is 0 Å². The number of aromatic nitrogens is 2. The van der Waals surface area contributed by atoms with E-state index in [1.165, 1.54) is 11.8 Å². The summed E-state index contributed by atoms with van der Waals surface area (Å²) in [5.41, 5.74) is 1.92. The predicted molar refractivity (Wildman–Crippen MR) is 71.0 cm³/mol. The van der Waals surface area contributed by atoms with Crippen LogP contribution in [0.5, 0.6) is 0 Å². The van der Waals surface area contributed by atoms with E-state index < -0.39 is 0 Å². The van der Waals surface area contributed by atoms with E-state index >= 15 is 0 Å². The summed E-state index contributed by atoms with van der Waals surface area (Å²) in [4.78, 5) is 19.1. The third-order valence-electron chi connectivity index (χ3n) is 2.47. The highest BCUT2D eigenvalue weighted by atomic mass is 32.2. The van der Waals surface area contributed by atoms with Crippen molar-refractivity contribution in [3.05, 3.63) is 30.1 Å². The van der Waals surface area contributed by atoms with Crippen LogP contribution in [0.25, 0.3) is 11.0 Å². The molecule has 4 nitrogen and oxygen atoms in total. The second-order valence-corrected chi connectivity index (χ2v) is 4.73. The van der Waals surface area contributed by atoms with Gasteiger partial charge in [-0.3, -0.25) is 4.79 Å². The van der Waals surface area contributed by atoms with Crippen LogP contribution in [0.15, 0.2) is 24.3 Å². The highest BCUT2D eigenvalue weighted by Gasteiger charge is 2.12. The van der Waals surface area contributed by atoms with Crippen molar-refractivity contribution in [1.29, 1.82) is 0 Å². The van der Waals surface area contributed by atoms with Crippen LogP contribution in [0.4, 0.5) is 0 Å². The second-order valence-electron chi connectivity index (χ2n) is 3.86. The number of amides is 1. The number of aromatic amines is 1. The SMILES string of the molecule is CSCC(=O)NC(C)c1nc2ccccc2[nH]1. The molecule has 90 valence electrons. The molecule has 0 fully saturated rings. The van der Waals surface area contributed by atoms with Gasteiger partial charge in [0.15, 0.2) is 0 Å². The van der Waals surface area contributed by atoms with Gasteiger partial charge in [-0.2, -0.15) is 11.8 Å². The standard InChI is InChI=1S/C12H15N3OS/c1-8(13-11(16)7-17-2)12-14-9-5-3-4-6-10(9)15-12/h3-6,8H,7H2,1-2H3,(H,13,16)(H,14,15). The molecular formula is C12H15N3OS. The molecule has 0 bridgehead atoms. The fourth-order valence-corrected chi connectivity index (χ4v) is 2.01. The fourth-order valence-electron chi connectivity index (χ4n) is 1.66. The minimum Gasteiger partial charge on any atom is -0.346 e. The summed E-state index contributed by atoms with van der Waals surface area (Å²) >= 11 is 1.51. The molecule has 0 aliphatic carbocycles. The number of carbonyl (C=O) groups excluding carboxylic acids is 1. The summed E-state index contributed by atoms with van der Waals surface area (Å²) in [5.74, 6) is 1.30. The maximum absolute atomic E-state index is 11.5. The van der Waals surface area contributed by atoms with Gasteiger partial charge in [0, 0.05) is 0 Å². The number of fused-ring (bicyclic) bond motifs is 1. The van der Waals surface area contributed by atoms with Crippen LogP contribution in [0.1, 0.15) is 18.8 Å². The van der Waals surface area contributed by atoms with E-state index in [2.05, 4.69) is 15.3 Å². The molecule has 1 aromatic carbocycles. The zero-order valence-corrected chi connectivity index (χ0v) is 10.7. The molecule has 1 amide bonds. The maximum Gasteiger partial charge on any atom is 0.230 e.